The Morgan fingerprint density at radius 2 is 2.00 bits per heavy atom. The summed E-state index contributed by atoms with van der Waals surface area (Å²) in [6, 6.07) is 3.41. The van der Waals surface area contributed by atoms with E-state index in [2.05, 4.69) is 13.8 Å². The topological polar surface area (TPSA) is 62.5 Å². The van der Waals surface area contributed by atoms with Gasteiger partial charge >= 0.3 is 5.97 Å². The van der Waals surface area contributed by atoms with Crippen molar-refractivity contribution in [1.29, 1.82) is 0 Å². The van der Waals surface area contributed by atoms with Crippen LogP contribution < -0.4 is 0 Å². The Bertz CT molecular complexity index is 499. The molecule has 0 unspecified atom stereocenters. The SMILES string of the molecule is CCC1(C)CCN(C(=O)c2cccn2CC(=O)O)CC1. The number of rotatable bonds is 4. The number of carboxylic acids is 1. The molecule has 5 nitrogen and oxygen atoms in total. The highest BCUT2D eigenvalue weighted by atomic mass is 16.4. The number of carboxylic acid groups (broad SMARTS) is 1. The second kappa shape index (κ2) is 5.69. The van der Waals surface area contributed by atoms with E-state index in [1.54, 1.807) is 18.3 Å². The highest BCUT2D eigenvalue weighted by Gasteiger charge is 2.31. The molecule has 0 saturated carbocycles. The van der Waals surface area contributed by atoms with Crippen LogP contribution in [0.25, 0.3) is 0 Å². The Balaban J connectivity index is 2.06. The zero-order valence-electron chi connectivity index (χ0n) is 12.1. The van der Waals surface area contributed by atoms with E-state index in [9.17, 15) is 9.59 Å². The third kappa shape index (κ3) is 3.03. The van der Waals surface area contributed by atoms with E-state index >= 15 is 0 Å². The molecule has 1 aromatic heterocycles. The predicted octanol–water partition coefficient (Wildman–Crippen LogP) is 2.22. The van der Waals surface area contributed by atoms with E-state index in [4.69, 9.17) is 5.11 Å². The molecule has 1 saturated heterocycles. The molecule has 5 heteroatoms. The highest BCUT2D eigenvalue weighted by molar-refractivity contribution is 5.93. The molecule has 1 aliphatic heterocycles. The molecule has 20 heavy (non-hydrogen) atoms. The quantitative estimate of drug-likeness (QED) is 0.918. The van der Waals surface area contributed by atoms with Gasteiger partial charge in [0.2, 0.25) is 0 Å². The van der Waals surface area contributed by atoms with Crippen LogP contribution in [0.3, 0.4) is 0 Å². The molecular weight excluding hydrogens is 256 g/mol. The van der Waals surface area contributed by atoms with Crippen molar-refractivity contribution in [3.05, 3.63) is 24.0 Å². The van der Waals surface area contributed by atoms with E-state index in [0.717, 1.165) is 32.4 Å². The molecule has 0 bridgehead atoms. The summed E-state index contributed by atoms with van der Waals surface area (Å²) in [6.07, 6.45) is 4.79. The predicted molar refractivity (Wildman–Crippen MR) is 75.6 cm³/mol. The number of piperidine rings is 1. The molecule has 0 atom stereocenters. The molecule has 1 fully saturated rings. The van der Waals surface area contributed by atoms with Crippen molar-refractivity contribution < 1.29 is 14.7 Å². The minimum atomic E-state index is -0.938. The lowest BCUT2D eigenvalue weighted by Gasteiger charge is -2.38. The first-order valence-electron chi connectivity index (χ1n) is 7.11. The Kier molecular flexibility index (Phi) is 4.16. The van der Waals surface area contributed by atoms with Crippen LogP contribution in [0, 0.1) is 5.41 Å². The van der Waals surface area contributed by atoms with Gasteiger partial charge in [0, 0.05) is 19.3 Å². The number of nitrogens with zero attached hydrogens (tertiary/aromatic N) is 2. The first-order chi connectivity index (χ1) is 9.45. The Hall–Kier alpha value is -1.78. The minimum Gasteiger partial charge on any atom is -0.480 e. The van der Waals surface area contributed by atoms with Crippen molar-refractivity contribution in [2.75, 3.05) is 13.1 Å². The number of hydrogen-bond acceptors (Lipinski definition) is 2. The molecule has 0 spiro atoms. The van der Waals surface area contributed by atoms with Gasteiger partial charge in [-0.25, -0.2) is 0 Å². The molecule has 0 radical (unpaired) electrons. The summed E-state index contributed by atoms with van der Waals surface area (Å²) in [6.45, 7) is 5.79. The maximum atomic E-state index is 12.5. The van der Waals surface area contributed by atoms with Crippen molar-refractivity contribution in [3.8, 4) is 0 Å². The van der Waals surface area contributed by atoms with E-state index in [1.807, 2.05) is 4.90 Å². The van der Waals surface area contributed by atoms with Gasteiger partial charge in [0.15, 0.2) is 0 Å². The first-order valence-corrected chi connectivity index (χ1v) is 7.11. The minimum absolute atomic E-state index is 0.0607. The third-order valence-electron chi connectivity index (χ3n) is 4.47. The lowest BCUT2D eigenvalue weighted by molar-refractivity contribution is -0.137. The monoisotopic (exact) mass is 278 g/mol. The summed E-state index contributed by atoms with van der Waals surface area (Å²) in [5.74, 6) is -0.998. The number of aromatic nitrogens is 1. The van der Waals surface area contributed by atoms with Gasteiger partial charge in [0.05, 0.1) is 0 Å². The summed E-state index contributed by atoms with van der Waals surface area (Å²) in [5, 5.41) is 8.86. The van der Waals surface area contributed by atoms with Crippen LogP contribution in [-0.4, -0.2) is 39.5 Å². The molecule has 2 heterocycles. The molecule has 110 valence electrons. The number of amides is 1. The van der Waals surface area contributed by atoms with Crippen molar-refractivity contribution in [3.63, 3.8) is 0 Å². The van der Waals surface area contributed by atoms with Crippen molar-refractivity contribution in [2.24, 2.45) is 5.41 Å². The van der Waals surface area contributed by atoms with Crippen LogP contribution in [0.1, 0.15) is 43.6 Å². The lowest BCUT2D eigenvalue weighted by atomic mass is 9.78. The summed E-state index contributed by atoms with van der Waals surface area (Å²) in [4.78, 5) is 25.1. The normalized spacial score (nSPS) is 18.0. The maximum absolute atomic E-state index is 12.5. The summed E-state index contributed by atoms with van der Waals surface area (Å²) < 4.78 is 1.50. The molecule has 2 rings (SSSR count). The van der Waals surface area contributed by atoms with Gasteiger partial charge in [0.1, 0.15) is 12.2 Å². The van der Waals surface area contributed by atoms with Gasteiger partial charge in [-0.05, 0) is 30.4 Å². The van der Waals surface area contributed by atoms with Gasteiger partial charge in [0.25, 0.3) is 5.91 Å². The maximum Gasteiger partial charge on any atom is 0.323 e. The average Bonchev–Trinajstić information content (AvgIpc) is 2.86. The van der Waals surface area contributed by atoms with Crippen molar-refractivity contribution >= 4 is 11.9 Å². The lowest BCUT2D eigenvalue weighted by Crippen LogP contribution is -2.42. The van der Waals surface area contributed by atoms with Gasteiger partial charge in [-0.1, -0.05) is 20.3 Å². The molecule has 1 amide bonds. The van der Waals surface area contributed by atoms with Crippen LogP contribution >= 0.6 is 0 Å². The summed E-state index contributed by atoms with van der Waals surface area (Å²) >= 11 is 0. The Morgan fingerprint density at radius 1 is 1.35 bits per heavy atom. The second-order valence-corrected chi connectivity index (χ2v) is 5.87. The Labute approximate surface area is 119 Å². The van der Waals surface area contributed by atoms with E-state index in [0.29, 0.717) is 11.1 Å². The van der Waals surface area contributed by atoms with Crippen LogP contribution in [0.15, 0.2) is 18.3 Å². The fraction of sp³-hybridized carbons (Fsp3) is 0.600. The van der Waals surface area contributed by atoms with Crippen molar-refractivity contribution in [2.45, 2.75) is 39.7 Å². The molecular formula is C15H22N2O3. The van der Waals surface area contributed by atoms with Gasteiger partial charge < -0.3 is 14.6 Å². The number of carbonyl (C=O) groups is 2. The van der Waals surface area contributed by atoms with Crippen LogP contribution in [-0.2, 0) is 11.3 Å². The largest absolute Gasteiger partial charge is 0.480 e. The highest BCUT2D eigenvalue weighted by Crippen LogP contribution is 2.34. The number of carbonyl (C=O) groups excluding carboxylic acids is 1. The molecule has 1 aromatic rings. The zero-order chi connectivity index (χ0) is 14.8. The fourth-order valence-electron chi connectivity index (χ4n) is 2.66. The number of aliphatic carboxylic acids is 1. The third-order valence-corrected chi connectivity index (χ3v) is 4.47. The van der Waals surface area contributed by atoms with E-state index in [-0.39, 0.29) is 12.5 Å². The van der Waals surface area contributed by atoms with Crippen molar-refractivity contribution in [1.82, 2.24) is 9.47 Å². The molecule has 1 N–H and O–H groups in total. The van der Waals surface area contributed by atoms with Gasteiger partial charge in [-0.3, -0.25) is 9.59 Å². The molecule has 1 aliphatic rings. The summed E-state index contributed by atoms with van der Waals surface area (Å²) in [7, 11) is 0. The standard InChI is InChI=1S/C15H22N2O3/c1-3-15(2)6-9-16(10-7-15)14(20)12-5-4-8-17(12)11-13(18)19/h4-5,8H,3,6-7,9-11H2,1-2H3,(H,18,19). The van der Waals surface area contributed by atoms with E-state index in [1.165, 1.54) is 4.57 Å². The average molecular weight is 278 g/mol. The summed E-state index contributed by atoms with van der Waals surface area (Å²) in [5.41, 5.74) is 0.798. The van der Waals surface area contributed by atoms with Gasteiger partial charge in [-0.2, -0.15) is 0 Å². The molecule has 0 aromatic carbocycles. The Morgan fingerprint density at radius 3 is 2.55 bits per heavy atom. The van der Waals surface area contributed by atoms with Crippen LogP contribution in [0.2, 0.25) is 0 Å². The van der Waals surface area contributed by atoms with Crippen LogP contribution in [0.4, 0.5) is 0 Å². The fourth-order valence-corrected chi connectivity index (χ4v) is 2.66. The number of likely N-dealkylation sites (tertiary alicyclic amines) is 1. The second-order valence-electron chi connectivity index (χ2n) is 5.87. The zero-order valence-corrected chi connectivity index (χ0v) is 12.1. The molecule has 0 aliphatic carbocycles. The van der Waals surface area contributed by atoms with Gasteiger partial charge in [-0.15, -0.1) is 0 Å². The number of hydrogen-bond donors (Lipinski definition) is 1. The first kappa shape index (κ1) is 14.6. The van der Waals surface area contributed by atoms with E-state index < -0.39 is 5.97 Å². The van der Waals surface area contributed by atoms with Crippen LogP contribution in [0.5, 0.6) is 0 Å². The smallest absolute Gasteiger partial charge is 0.323 e.